The van der Waals surface area contributed by atoms with Gasteiger partial charge in [0.2, 0.25) is 29.5 Å². The minimum atomic E-state index is -1.63. The van der Waals surface area contributed by atoms with Gasteiger partial charge >= 0.3 is 11.9 Å². The highest BCUT2D eigenvalue weighted by Gasteiger charge is 2.33. The third kappa shape index (κ3) is 16.9. The number of carbonyl (C=O) groups is 7. The van der Waals surface area contributed by atoms with Crippen LogP contribution in [0.2, 0.25) is 0 Å². The van der Waals surface area contributed by atoms with Gasteiger partial charge in [0.1, 0.15) is 30.8 Å². The van der Waals surface area contributed by atoms with Crippen LogP contribution in [0.25, 0.3) is 0 Å². The first-order chi connectivity index (χ1) is 27.8. The van der Waals surface area contributed by atoms with Crippen LogP contribution < -0.4 is 43.0 Å². The number of nitrogens with two attached hydrogens (primary N) is 2. The van der Waals surface area contributed by atoms with E-state index in [-0.39, 0.29) is 38.2 Å². The van der Waals surface area contributed by atoms with E-state index in [2.05, 4.69) is 36.5 Å². The maximum atomic E-state index is 13.9. The van der Waals surface area contributed by atoms with Gasteiger partial charge in [-0.25, -0.2) is 0 Å². The van der Waals surface area contributed by atoms with Crippen LogP contribution in [0, 0.1) is 0 Å². The second-order valence-corrected chi connectivity index (χ2v) is 14.1. The number of benzene rings is 2. The zero-order valence-corrected chi connectivity index (χ0v) is 33.4. The summed E-state index contributed by atoms with van der Waals surface area (Å²) in [4.78, 5) is 97.8. The van der Waals surface area contributed by atoms with E-state index >= 15 is 0 Å². The van der Waals surface area contributed by atoms with Gasteiger partial charge in [-0.3, -0.25) is 38.6 Å². The van der Waals surface area contributed by atoms with Crippen molar-refractivity contribution >= 4 is 76.3 Å². The molecule has 3 rings (SSSR count). The molecule has 1 saturated heterocycles. The third-order valence-electron chi connectivity index (χ3n) is 8.85. The summed E-state index contributed by atoms with van der Waals surface area (Å²) in [5.74, 6) is -5.90. The number of carbonyl (C=O) groups excluding carboxylic acids is 6. The number of nitrogens with zero attached hydrogens (tertiary/aromatic N) is 2. The first-order valence-electron chi connectivity index (χ1n) is 18.7. The Kier molecular flexibility index (Phi) is 20.1. The Bertz CT molecular complexity index is 1730. The van der Waals surface area contributed by atoms with Gasteiger partial charge in [-0.05, 0) is 48.9 Å². The highest BCUT2D eigenvalue weighted by Crippen LogP contribution is 2.17. The summed E-state index contributed by atoms with van der Waals surface area (Å²) < 4.78 is 5.47. The van der Waals surface area contributed by atoms with Crippen LogP contribution in [0.3, 0.4) is 0 Å². The van der Waals surface area contributed by atoms with E-state index in [1.807, 2.05) is 24.3 Å². The Labute approximate surface area is 346 Å². The number of anilines is 1. The molecule has 20 heteroatoms. The van der Waals surface area contributed by atoms with Crippen molar-refractivity contribution in [2.45, 2.75) is 69.1 Å². The third-order valence-corrected chi connectivity index (χ3v) is 9.19. The average molecular weight is 849 g/mol. The van der Waals surface area contributed by atoms with Gasteiger partial charge in [-0.2, -0.15) is 0 Å². The lowest BCUT2D eigenvalue weighted by Gasteiger charge is -2.25. The van der Waals surface area contributed by atoms with Gasteiger partial charge in [0.15, 0.2) is 5.96 Å². The lowest BCUT2D eigenvalue weighted by molar-refractivity contribution is -0.147. The fourth-order valence-corrected chi connectivity index (χ4v) is 6.29. The predicted octanol–water partition coefficient (Wildman–Crippen LogP) is -0.323. The van der Waals surface area contributed by atoms with Gasteiger partial charge in [0.05, 0.1) is 13.0 Å². The molecule has 58 heavy (non-hydrogen) atoms. The van der Waals surface area contributed by atoms with Crippen molar-refractivity contribution in [1.29, 1.82) is 0 Å². The Morgan fingerprint density at radius 1 is 0.776 bits per heavy atom. The van der Waals surface area contributed by atoms with Gasteiger partial charge in [0.25, 0.3) is 0 Å². The number of ether oxygens (including phenoxy) is 1. The summed E-state index contributed by atoms with van der Waals surface area (Å²) in [5, 5.41) is 21.7. The van der Waals surface area contributed by atoms with Crippen molar-refractivity contribution < 1.29 is 43.4 Å². The predicted molar refractivity (Wildman–Crippen MR) is 217 cm³/mol. The summed E-state index contributed by atoms with van der Waals surface area (Å²) in [6.45, 7) is 0.0498. The van der Waals surface area contributed by atoms with E-state index in [0.29, 0.717) is 43.3 Å². The molecule has 1 heterocycles. The number of rotatable bonds is 19. The lowest BCUT2D eigenvalue weighted by Crippen LogP contribution is -2.59. The molecule has 4 atom stereocenters. The van der Waals surface area contributed by atoms with E-state index < -0.39 is 85.2 Å². The van der Waals surface area contributed by atoms with Crippen LogP contribution in [-0.4, -0.2) is 121 Å². The first-order valence-corrected chi connectivity index (χ1v) is 19.8. The molecule has 1 aliphatic heterocycles. The molecule has 0 bridgehead atoms. The number of carboxylic acids is 1. The van der Waals surface area contributed by atoms with Crippen LogP contribution in [0.1, 0.15) is 43.2 Å². The van der Waals surface area contributed by atoms with Crippen LogP contribution in [0.5, 0.6) is 0 Å². The summed E-state index contributed by atoms with van der Waals surface area (Å²) in [5.41, 5.74) is 13.3. The number of hydrogen-bond donors (Lipinski definition) is 8. The quantitative estimate of drug-likeness (QED) is 0.0297. The van der Waals surface area contributed by atoms with E-state index in [1.54, 1.807) is 30.3 Å². The smallest absolute Gasteiger partial charge is 0.305 e. The number of halogens is 2. The Hall–Kier alpha value is -5.62. The molecule has 1 fully saturated rings. The molecule has 5 amide bonds. The molecule has 2 aromatic carbocycles. The number of esters is 1. The van der Waals surface area contributed by atoms with Crippen LogP contribution in [-0.2, 0) is 51.1 Å². The van der Waals surface area contributed by atoms with E-state index in [9.17, 15) is 38.7 Å². The molecule has 316 valence electrons. The monoisotopic (exact) mass is 847 g/mol. The molecule has 2 aromatic rings. The average Bonchev–Trinajstić information content (AvgIpc) is 3.19. The molecule has 1 aliphatic rings. The second kappa shape index (κ2) is 24.9. The molecule has 10 N–H and O–H groups in total. The largest absolute Gasteiger partial charge is 0.481 e. The number of amides is 5. The molecule has 0 radical (unpaired) electrons. The molecule has 0 aliphatic carbocycles. The number of alkyl halides is 2. The highest BCUT2D eigenvalue weighted by atomic mass is 35.5. The maximum Gasteiger partial charge on any atom is 0.305 e. The Balaban J connectivity index is 1.83. The highest BCUT2D eigenvalue weighted by molar-refractivity contribution is 6.18. The Morgan fingerprint density at radius 3 is 2.03 bits per heavy atom. The van der Waals surface area contributed by atoms with Gasteiger partial charge in [-0.1, -0.05) is 42.5 Å². The summed E-state index contributed by atoms with van der Waals surface area (Å²) >= 11 is 11.9. The molecular weight excluding hydrogens is 797 g/mol. The number of nitrogens with one attached hydrogen (secondary N) is 5. The van der Waals surface area contributed by atoms with E-state index in [4.69, 9.17) is 39.4 Å². The number of aliphatic imine (C=N–C) groups is 1. The number of aliphatic carboxylic acids is 1. The van der Waals surface area contributed by atoms with Crippen molar-refractivity contribution in [3.05, 3.63) is 65.7 Å². The van der Waals surface area contributed by atoms with Crippen molar-refractivity contribution in [3.63, 3.8) is 0 Å². The zero-order valence-electron chi connectivity index (χ0n) is 31.9. The van der Waals surface area contributed by atoms with Gasteiger partial charge in [-0.15, -0.1) is 23.2 Å². The standard InChI is InChI=1S/C38H51Cl2N9O9/c39-15-18-49(19-16-40)26-13-11-24(12-14-26)8-4-10-33(53)58-23-30-37(57)46-27(9-5-17-43-38(41)42)34(54)44-22-31(50)45-29(21-32(51)52)36(56)47-28(35(55)48-30)20-25-6-2-1-3-7-25/h1-3,6-7,11-14,27-30H,4-5,8-10,15-23H2,(H,44,54)(H,45,50)(H,46,57)(H,47,56)(H,48,55)(H,51,52)(H4,41,42,43)/t27-,28+,29-,30-/m0/s1. The number of aryl methyl sites for hydroxylation is 1. The van der Waals surface area contributed by atoms with E-state index in [1.165, 1.54) is 0 Å². The normalized spacial score (nSPS) is 19.2. The topological polar surface area (TPSA) is 277 Å². The lowest BCUT2D eigenvalue weighted by atomic mass is 10.0. The minimum Gasteiger partial charge on any atom is -0.481 e. The molecule has 0 spiro atoms. The first kappa shape index (κ1) is 46.8. The summed E-state index contributed by atoms with van der Waals surface area (Å²) in [6.07, 6.45) is 0.155. The maximum absolute atomic E-state index is 13.9. The molecular formula is C38H51Cl2N9O9. The molecule has 0 saturated carbocycles. The fourth-order valence-electron chi connectivity index (χ4n) is 5.88. The summed E-state index contributed by atoms with van der Waals surface area (Å²) in [7, 11) is 0. The van der Waals surface area contributed by atoms with E-state index in [0.717, 1.165) is 11.3 Å². The number of carboxylic acid groups (broad SMARTS) is 1. The van der Waals surface area contributed by atoms with Gasteiger partial charge < -0.3 is 52.8 Å². The van der Waals surface area contributed by atoms with Crippen LogP contribution >= 0.6 is 23.2 Å². The van der Waals surface area contributed by atoms with Crippen molar-refractivity contribution in [2.75, 3.05) is 49.4 Å². The summed E-state index contributed by atoms with van der Waals surface area (Å²) in [6, 6.07) is 10.4. The zero-order chi connectivity index (χ0) is 42.5. The second-order valence-electron chi connectivity index (χ2n) is 13.3. The van der Waals surface area contributed by atoms with Crippen molar-refractivity contribution in [3.8, 4) is 0 Å². The van der Waals surface area contributed by atoms with Crippen LogP contribution in [0.4, 0.5) is 5.69 Å². The van der Waals surface area contributed by atoms with Crippen molar-refractivity contribution in [2.24, 2.45) is 16.5 Å². The Morgan fingerprint density at radius 2 is 1.40 bits per heavy atom. The molecule has 0 unspecified atom stereocenters. The SMILES string of the molecule is NC(N)=NCCC[C@@H]1NC(=O)[C@H](COC(=O)CCCc2ccc(N(CCCl)CCCl)cc2)NC(=O)[C@@H](Cc2ccccc2)NC(=O)[C@H](CC(=O)O)NC(=O)CNC1=O. The van der Waals surface area contributed by atoms with Crippen LogP contribution in [0.15, 0.2) is 59.6 Å². The molecule has 18 nitrogen and oxygen atoms in total. The number of hydrogen-bond acceptors (Lipinski definition) is 10. The number of guanidine groups is 1. The minimum absolute atomic E-state index is 0.0207. The fraction of sp³-hybridized carbons (Fsp3) is 0.474. The van der Waals surface area contributed by atoms with Crippen molar-refractivity contribution in [1.82, 2.24) is 26.6 Å². The van der Waals surface area contributed by atoms with Gasteiger partial charge in [0, 0.05) is 49.9 Å². The molecule has 0 aromatic heterocycles.